The highest BCUT2D eigenvalue weighted by atomic mass is 35.5. The van der Waals surface area contributed by atoms with Crippen LogP contribution in [-0.4, -0.2) is 11.8 Å². The Kier molecular flexibility index (Phi) is 5.05. The first-order valence-corrected chi connectivity index (χ1v) is 5.09. The third-order valence-electron chi connectivity index (χ3n) is 1.64. The minimum absolute atomic E-state index is 0.318. The van der Waals surface area contributed by atoms with E-state index >= 15 is 0 Å². The SMILES string of the molecule is C=C(Cl)COc1ccc(CN=C=S)cc1. The van der Waals surface area contributed by atoms with Crippen molar-refractivity contribution >= 4 is 29.0 Å². The molecule has 0 N–H and O–H groups in total. The molecule has 0 amide bonds. The van der Waals surface area contributed by atoms with E-state index in [1.54, 1.807) is 0 Å². The molecule has 1 aromatic carbocycles. The molecule has 0 aliphatic carbocycles. The Morgan fingerprint density at radius 1 is 1.47 bits per heavy atom. The zero-order chi connectivity index (χ0) is 11.1. The van der Waals surface area contributed by atoms with Crippen LogP contribution in [0.25, 0.3) is 0 Å². The number of nitrogens with zero attached hydrogens (tertiary/aromatic N) is 1. The van der Waals surface area contributed by atoms with Crippen LogP contribution in [0.4, 0.5) is 0 Å². The van der Waals surface area contributed by atoms with Gasteiger partial charge in [-0.05, 0) is 29.9 Å². The lowest BCUT2D eigenvalue weighted by Crippen LogP contribution is -1.96. The summed E-state index contributed by atoms with van der Waals surface area (Å²) in [5.74, 6) is 0.756. The molecule has 15 heavy (non-hydrogen) atoms. The van der Waals surface area contributed by atoms with Gasteiger partial charge in [0.05, 0.1) is 11.7 Å². The molecule has 0 aliphatic heterocycles. The summed E-state index contributed by atoms with van der Waals surface area (Å²) in [4.78, 5) is 3.83. The summed E-state index contributed by atoms with van der Waals surface area (Å²) >= 11 is 10.1. The van der Waals surface area contributed by atoms with Crippen LogP contribution < -0.4 is 4.74 Å². The van der Waals surface area contributed by atoms with Gasteiger partial charge in [-0.2, -0.15) is 0 Å². The number of benzene rings is 1. The van der Waals surface area contributed by atoms with E-state index in [-0.39, 0.29) is 0 Å². The Morgan fingerprint density at radius 2 is 2.13 bits per heavy atom. The number of rotatable bonds is 5. The van der Waals surface area contributed by atoms with Crippen LogP contribution >= 0.6 is 23.8 Å². The predicted molar refractivity (Wildman–Crippen MR) is 65.7 cm³/mol. The highest BCUT2D eigenvalue weighted by Crippen LogP contribution is 2.13. The monoisotopic (exact) mass is 239 g/mol. The Morgan fingerprint density at radius 3 is 2.67 bits per heavy atom. The van der Waals surface area contributed by atoms with Gasteiger partial charge in [0.2, 0.25) is 0 Å². The van der Waals surface area contributed by atoms with Gasteiger partial charge in [0, 0.05) is 5.03 Å². The van der Waals surface area contributed by atoms with Crippen LogP contribution in [0.3, 0.4) is 0 Å². The Labute approximate surface area is 99.2 Å². The summed E-state index contributed by atoms with van der Waals surface area (Å²) in [6.07, 6.45) is 0. The second kappa shape index (κ2) is 6.36. The van der Waals surface area contributed by atoms with Crippen molar-refractivity contribution in [1.82, 2.24) is 0 Å². The summed E-state index contributed by atoms with van der Waals surface area (Å²) < 4.78 is 5.33. The van der Waals surface area contributed by atoms with E-state index in [4.69, 9.17) is 16.3 Å². The maximum absolute atomic E-state index is 5.57. The van der Waals surface area contributed by atoms with Crippen LogP contribution in [-0.2, 0) is 6.54 Å². The Bertz CT molecular complexity index is 382. The number of aliphatic imine (C=N–C) groups is 1. The third-order valence-corrected chi connectivity index (χ3v) is 1.88. The van der Waals surface area contributed by atoms with E-state index in [2.05, 4.69) is 29.0 Å². The van der Waals surface area contributed by atoms with Crippen molar-refractivity contribution in [3.63, 3.8) is 0 Å². The molecule has 0 aliphatic rings. The molecule has 4 heteroatoms. The molecule has 0 saturated carbocycles. The minimum atomic E-state index is 0.318. The predicted octanol–water partition coefficient (Wildman–Crippen LogP) is 3.42. The van der Waals surface area contributed by atoms with Gasteiger partial charge in [0.25, 0.3) is 0 Å². The van der Waals surface area contributed by atoms with Crippen LogP contribution in [0.5, 0.6) is 5.75 Å². The zero-order valence-electron chi connectivity index (χ0n) is 8.07. The number of hydrogen-bond donors (Lipinski definition) is 0. The molecule has 78 valence electrons. The second-order valence-electron chi connectivity index (χ2n) is 2.86. The van der Waals surface area contributed by atoms with E-state index in [0.29, 0.717) is 18.2 Å². The standard InChI is InChI=1S/C11H10ClNOS/c1-9(12)7-14-11-4-2-10(3-5-11)6-13-8-15/h2-5H,1,6-7H2. The minimum Gasteiger partial charge on any atom is -0.488 e. The molecule has 1 rings (SSSR count). The molecule has 0 aromatic heterocycles. The van der Waals surface area contributed by atoms with Gasteiger partial charge >= 0.3 is 0 Å². The summed E-state index contributed by atoms with van der Waals surface area (Å²) in [6.45, 7) is 4.40. The van der Waals surface area contributed by atoms with Gasteiger partial charge in [-0.15, -0.1) is 0 Å². The van der Waals surface area contributed by atoms with Crippen molar-refractivity contribution in [2.45, 2.75) is 6.54 Å². The van der Waals surface area contributed by atoms with Crippen LogP contribution in [0.15, 0.2) is 40.9 Å². The van der Waals surface area contributed by atoms with E-state index in [0.717, 1.165) is 11.3 Å². The fraction of sp³-hybridized carbons (Fsp3) is 0.182. The summed E-state index contributed by atoms with van der Waals surface area (Å²) in [5.41, 5.74) is 1.06. The first-order chi connectivity index (χ1) is 7.22. The largest absolute Gasteiger partial charge is 0.488 e. The summed E-state index contributed by atoms with van der Waals surface area (Å²) in [6, 6.07) is 7.55. The van der Waals surface area contributed by atoms with Gasteiger partial charge in [-0.25, -0.2) is 4.99 Å². The van der Waals surface area contributed by atoms with E-state index in [1.165, 1.54) is 0 Å². The molecular weight excluding hydrogens is 230 g/mol. The van der Waals surface area contributed by atoms with Crippen molar-refractivity contribution in [1.29, 1.82) is 0 Å². The number of ether oxygens (including phenoxy) is 1. The lowest BCUT2D eigenvalue weighted by Gasteiger charge is -2.04. The maximum atomic E-state index is 5.57. The van der Waals surface area contributed by atoms with Crippen LogP contribution in [0.1, 0.15) is 5.56 Å². The van der Waals surface area contributed by atoms with Crippen molar-refractivity contribution in [2.24, 2.45) is 4.99 Å². The van der Waals surface area contributed by atoms with Crippen molar-refractivity contribution in [2.75, 3.05) is 6.61 Å². The summed E-state index contributed by atoms with van der Waals surface area (Å²) in [5, 5.41) is 2.80. The average molecular weight is 240 g/mol. The maximum Gasteiger partial charge on any atom is 0.123 e. The first-order valence-electron chi connectivity index (χ1n) is 4.31. The molecule has 0 spiro atoms. The lowest BCUT2D eigenvalue weighted by atomic mass is 10.2. The second-order valence-corrected chi connectivity index (χ2v) is 3.57. The molecule has 2 nitrogen and oxygen atoms in total. The molecule has 1 aromatic rings. The molecule has 0 unspecified atom stereocenters. The van der Waals surface area contributed by atoms with Gasteiger partial charge in [-0.1, -0.05) is 30.3 Å². The lowest BCUT2D eigenvalue weighted by molar-refractivity contribution is 0.359. The first kappa shape index (κ1) is 11.9. The molecule has 0 heterocycles. The number of thiocarbonyl (C=S) groups is 1. The number of hydrogen-bond acceptors (Lipinski definition) is 3. The Hall–Kier alpha value is -1.15. The fourth-order valence-corrected chi connectivity index (χ4v) is 1.10. The quantitative estimate of drug-likeness (QED) is 0.580. The van der Waals surface area contributed by atoms with Gasteiger partial charge < -0.3 is 4.74 Å². The Balaban J connectivity index is 2.55. The average Bonchev–Trinajstić information content (AvgIpc) is 2.25. The van der Waals surface area contributed by atoms with E-state index in [9.17, 15) is 0 Å². The topological polar surface area (TPSA) is 21.6 Å². The van der Waals surface area contributed by atoms with Crippen LogP contribution in [0.2, 0.25) is 0 Å². The van der Waals surface area contributed by atoms with E-state index < -0.39 is 0 Å². The third kappa shape index (κ3) is 4.75. The fourth-order valence-electron chi connectivity index (χ4n) is 0.976. The molecule has 0 fully saturated rings. The highest BCUT2D eigenvalue weighted by Gasteiger charge is 1.95. The number of halogens is 1. The van der Waals surface area contributed by atoms with Crippen molar-refractivity contribution in [3.05, 3.63) is 41.4 Å². The van der Waals surface area contributed by atoms with Gasteiger partial charge in [0.1, 0.15) is 12.4 Å². The molecular formula is C11H10ClNOS. The summed E-state index contributed by atoms with van der Waals surface area (Å²) in [7, 11) is 0. The van der Waals surface area contributed by atoms with E-state index in [1.807, 2.05) is 24.3 Å². The normalized spacial score (nSPS) is 9.13. The molecule has 0 bridgehead atoms. The number of isothiocyanates is 1. The van der Waals surface area contributed by atoms with Crippen LogP contribution in [0, 0.1) is 0 Å². The van der Waals surface area contributed by atoms with Gasteiger partial charge in [-0.3, -0.25) is 0 Å². The highest BCUT2D eigenvalue weighted by molar-refractivity contribution is 7.78. The molecule has 0 atom stereocenters. The zero-order valence-corrected chi connectivity index (χ0v) is 9.64. The smallest absolute Gasteiger partial charge is 0.123 e. The van der Waals surface area contributed by atoms with Gasteiger partial charge in [0.15, 0.2) is 0 Å². The van der Waals surface area contributed by atoms with Crippen molar-refractivity contribution in [3.8, 4) is 5.75 Å². The molecule has 0 radical (unpaired) electrons. The van der Waals surface area contributed by atoms with Crippen molar-refractivity contribution < 1.29 is 4.74 Å². The molecule has 0 saturated heterocycles.